The van der Waals surface area contributed by atoms with Gasteiger partial charge in [0, 0.05) is 5.69 Å². The lowest BCUT2D eigenvalue weighted by Gasteiger charge is -2.14. The number of carbonyl (C=O) groups is 1. The minimum atomic E-state index is -0.339. The van der Waals surface area contributed by atoms with E-state index >= 15 is 0 Å². The minimum absolute atomic E-state index is 0.0844. The summed E-state index contributed by atoms with van der Waals surface area (Å²) in [5, 5.41) is 11.4. The molecule has 3 rings (SSSR count). The minimum Gasteiger partial charge on any atom is -0.495 e. The van der Waals surface area contributed by atoms with Crippen molar-refractivity contribution < 1.29 is 9.53 Å². The second kappa shape index (κ2) is 8.73. The lowest BCUT2D eigenvalue weighted by Crippen LogP contribution is -2.22. The highest BCUT2D eigenvalue weighted by Gasteiger charge is 2.19. The number of nitrogens with zero attached hydrogens (tertiary/aromatic N) is 3. The molecule has 0 bridgehead atoms. The number of amides is 1. The van der Waals surface area contributed by atoms with Crippen LogP contribution < -0.4 is 10.1 Å². The molecule has 1 unspecified atom stereocenters. The zero-order chi connectivity index (χ0) is 19.2. The summed E-state index contributed by atoms with van der Waals surface area (Å²) < 4.78 is 7.23. The highest BCUT2D eigenvalue weighted by atomic mass is 32.2. The molecule has 1 amide bonds. The number of hydrogen-bond acceptors (Lipinski definition) is 5. The molecule has 1 aromatic heterocycles. The van der Waals surface area contributed by atoms with Crippen LogP contribution in [0.15, 0.2) is 60.0 Å². The van der Waals surface area contributed by atoms with E-state index in [4.69, 9.17) is 4.74 Å². The summed E-state index contributed by atoms with van der Waals surface area (Å²) in [4.78, 5) is 12.5. The van der Waals surface area contributed by atoms with Gasteiger partial charge in [-0.05, 0) is 43.2 Å². The van der Waals surface area contributed by atoms with Crippen molar-refractivity contribution in [3.05, 3.63) is 60.4 Å². The Bertz CT molecular complexity index is 908. The van der Waals surface area contributed by atoms with Crippen molar-refractivity contribution >= 4 is 23.4 Å². The summed E-state index contributed by atoms with van der Waals surface area (Å²) in [6.45, 7) is 3.95. The summed E-state index contributed by atoms with van der Waals surface area (Å²) in [5.74, 6) is 0.631. The van der Waals surface area contributed by atoms with Gasteiger partial charge in [0.2, 0.25) is 5.91 Å². The second-order valence-electron chi connectivity index (χ2n) is 5.96. The van der Waals surface area contributed by atoms with Gasteiger partial charge in [-0.25, -0.2) is 0 Å². The Labute approximate surface area is 163 Å². The summed E-state index contributed by atoms with van der Waals surface area (Å²) in [6.07, 6.45) is 2.59. The van der Waals surface area contributed by atoms with E-state index in [9.17, 15) is 4.79 Å². The molecule has 0 aliphatic heterocycles. The molecular formula is C20H22N4O2S. The zero-order valence-electron chi connectivity index (χ0n) is 15.5. The summed E-state index contributed by atoms with van der Waals surface area (Å²) >= 11 is 1.35. The molecule has 7 heteroatoms. The van der Waals surface area contributed by atoms with Crippen LogP contribution in [0.2, 0.25) is 0 Å². The maximum atomic E-state index is 12.5. The fourth-order valence-corrected chi connectivity index (χ4v) is 3.41. The van der Waals surface area contributed by atoms with E-state index in [-0.39, 0.29) is 11.2 Å². The SMILES string of the molecule is CCc1ccc(NC(=O)C(C)Sc2nncn2-c2ccccc2OC)cc1. The first-order valence-corrected chi connectivity index (χ1v) is 9.60. The van der Waals surface area contributed by atoms with Crippen molar-refractivity contribution in [1.82, 2.24) is 14.8 Å². The average molecular weight is 382 g/mol. The molecule has 140 valence electrons. The first-order valence-electron chi connectivity index (χ1n) is 8.72. The predicted octanol–water partition coefficient (Wildman–Crippen LogP) is 3.96. The number of rotatable bonds is 7. The topological polar surface area (TPSA) is 69.0 Å². The Kier molecular flexibility index (Phi) is 6.13. The van der Waals surface area contributed by atoms with Crippen LogP contribution in [-0.4, -0.2) is 33.0 Å². The van der Waals surface area contributed by atoms with Crippen LogP contribution in [0.5, 0.6) is 5.75 Å². The monoisotopic (exact) mass is 382 g/mol. The van der Waals surface area contributed by atoms with E-state index in [1.54, 1.807) is 13.4 Å². The first kappa shape index (κ1) is 19.0. The molecule has 27 heavy (non-hydrogen) atoms. The van der Waals surface area contributed by atoms with E-state index in [1.807, 2.05) is 60.0 Å². The van der Waals surface area contributed by atoms with Crippen molar-refractivity contribution in [2.75, 3.05) is 12.4 Å². The van der Waals surface area contributed by atoms with Gasteiger partial charge >= 0.3 is 0 Å². The molecule has 0 aliphatic rings. The van der Waals surface area contributed by atoms with Crippen LogP contribution in [0.1, 0.15) is 19.4 Å². The van der Waals surface area contributed by atoms with Gasteiger partial charge in [-0.15, -0.1) is 10.2 Å². The van der Waals surface area contributed by atoms with Crippen molar-refractivity contribution in [3.63, 3.8) is 0 Å². The van der Waals surface area contributed by atoms with Gasteiger partial charge in [0.15, 0.2) is 5.16 Å². The van der Waals surface area contributed by atoms with E-state index in [2.05, 4.69) is 22.4 Å². The van der Waals surface area contributed by atoms with Crippen molar-refractivity contribution in [2.24, 2.45) is 0 Å². The highest BCUT2D eigenvalue weighted by molar-refractivity contribution is 8.00. The summed E-state index contributed by atoms with van der Waals surface area (Å²) in [7, 11) is 1.62. The van der Waals surface area contributed by atoms with Gasteiger partial charge in [0.05, 0.1) is 18.0 Å². The van der Waals surface area contributed by atoms with E-state index < -0.39 is 0 Å². The molecule has 0 radical (unpaired) electrons. The number of methoxy groups -OCH3 is 1. The Hall–Kier alpha value is -2.80. The maximum absolute atomic E-state index is 12.5. The van der Waals surface area contributed by atoms with Crippen LogP contribution in [0.25, 0.3) is 5.69 Å². The van der Waals surface area contributed by atoms with Crippen LogP contribution in [0.4, 0.5) is 5.69 Å². The predicted molar refractivity (Wildman–Crippen MR) is 108 cm³/mol. The number of nitrogens with one attached hydrogen (secondary N) is 1. The number of thioether (sulfide) groups is 1. The number of ether oxygens (including phenoxy) is 1. The number of hydrogen-bond donors (Lipinski definition) is 1. The molecule has 3 aromatic rings. The van der Waals surface area contributed by atoms with E-state index in [1.165, 1.54) is 17.3 Å². The van der Waals surface area contributed by atoms with Crippen LogP contribution in [-0.2, 0) is 11.2 Å². The number of aryl methyl sites for hydroxylation is 1. The third kappa shape index (κ3) is 4.49. The molecule has 2 aromatic carbocycles. The lowest BCUT2D eigenvalue weighted by atomic mass is 10.1. The molecule has 0 fully saturated rings. The van der Waals surface area contributed by atoms with Gasteiger partial charge < -0.3 is 10.1 Å². The highest BCUT2D eigenvalue weighted by Crippen LogP contribution is 2.29. The van der Waals surface area contributed by atoms with Gasteiger partial charge in [-0.2, -0.15) is 0 Å². The Morgan fingerprint density at radius 2 is 1.96 bits per heavy atom. The Balaban J connectivity index is 1.72. The largest absolute Gasteiger partial charge is 0.495 e. The zero-order valence-corrected chi connectivity index (χ0v) is 16.4. The van der Waals surface area contributed by atoms with E-state index in [0.29, 0.717) is 10.9 Å². The van der Waals surface area contributed by atoms with Gasteiger partial charge in [0.25, 0.3) is 0 Å². The number of carbonyl (C=O) groups excluding carboxylic acids is 1. The van der Waals surface area contributed by atoms with Crippen molar-refractivity contribution in [1.29, 1.82) is 0 Å². The molecule has 1 atom stereocenters. The quantitative estimate of drug-likeness (QED) is 0.627. The molecule has 1 heterocycles. The molecule has 6 nitrogen and oxygen atoms in total. The molecule has 0 aliphatic carbocycles. The molecule has 0 saturated carbocycles. The smallest absolute Gasteiger partial charge is 0.237 e. The number of aromatic nitrogens is 3. The lowest BCUT2D eigenvalue weighted by molar-refractivity contribution is -0.115. The maximum Gasteiger partial charge on any atom is 0.237 e. The molecule has 0 saturated heterocycles. The van der Waals surface area contributed by atoms with E-state index in [0.717, 1.165) is 17.8 Å². The molecular weight excluding hydrogens is 360 g/mol. The average Bonchev–Trinajstić information content (AvgIpc) is 3.16. The fraction of sp³-hybridized carbons (Fsp3) is 0.250. The Morgan fingerprint density at radius 3 is 2.67 bits per heavy atom. The number of benzene rings is 2. The molecule has 1 N–H and O–H groups in total. The fourth-order valence-electron chi connectivity index (χ4n) is 2.58. The van der Waals surface area contributed by atoms with Crippen molar-refractivity contribution in [3.8, 4) is 11.4 Å². The number of para-hydroxylation sites is 2. The normalized spacial score (nSPS) is 11.8. The standard InChI is InChI=1S/C20H22N4O2S/c1-4-15-9-11-16(12-10-15)22-19(25)14(2)27-20-23-21-13-24(20)17-7-5-6-8-18(17)26-3/h5-14H,4H2,1-3H3,(H,22,25). The third-order valence-corrected chi connectivity index (χ3v) is 5.20. The van der Waals surface area contributed by atoms with Crippen LogP contribution in [0.3, 0.4) is 0 Å². The second-order valence-corrected chi connectivity index (χ2v) is 7.26. The number of anilines is 1. The van der Waals surface area contributed by atoms with Gasteiger partial charge in [-0.3, -0.25) is 9.36 Å². The summed E-state index contributed by atoms with van der Waals surface area (Å²) in [5.41, 5.74) is 2.85. The first-order chi connectivity index (χ1) is 13.1. The van der Waals surface area contributed by atoms with Gasteiger partial charge in [-0.1, -0.05) is 43.0 Å². The van der Waals surface area contributed by atoms with Crippen molar-refractivity contribution in [2.45, 2.75) is 30.7 Å². The van der Waals surface area contributed by atoms with Crippen LogP contribution in [0, 0.1) is 0 Å². The van der Waals surface area contributed by atoms with Gasteiger partial charge in [0.1, 0.15) is 12.1 Å². The summed E-state index contributed by atoms with van der Waals surface area (Å²) in [6, 6.07) is 15.5. The molecule has 0 spiro atoms. The van der Waals surface area contributed by atoms with Crippen LogP contribution >= 0.6 is 11.8 Å². The Morgan fingerprint density at radius 1 is 1.22 bits per heavy atom. The third-order valence-electron chi connectivity index (χ3n) is 4.14.